The summed E-state index contributed by atoms with van der Waals surface area (Å²) in [4.78, 5) is 14.4. The molecule has 0 aliphatic carbocycles. The van der Waals surface area contributed by atoms with Crippen LogP contribution in [0.25, 0.3) is 0 Å². The molecule has 1 aliphatic rings. The van der Waals surface area contributed by atoms with E-state index in [1.807, 2.05) is 35.2 Å². The second-order valence-electron chi connectivity index (χ2n) is 6.84. The largest absolute Gasteiger partial charge is 0.355 e. The molecule has 2 aromatic carbocycles. The van der Waals surface area contributed by atoms with E-state index in [1.165, 1.54) is 0 Å². The molecule has 1 amide bonds. The van der Waals surface area contributed by atoms with Crippen molar-refractivity contribution in [3.05, 3.63) is 59.1 Å². The summed E-state index contributed by atoms with van der Waals surface area (Å²) in [7, 11) is -3.77. The van der Waals surface area contributed by atoms with Gasteiger partial charge in [0, 0.05) is 18.1 Å². The highest BCUT2D eigenvalue weighted by molar-refractivity contribution is 8.15. The van der Waals surface area contributed by atoms with Gasteiger partial charge in [-0.15, -0.1) is 4.40 Å². The molecule has 2 aromatic rings. The first kappa shape index (κ1) is 22.7. The van der Waals surface area contributed by atoms with Gasteiger partial charge >= 0.3 is 0 Å². The van der Waals surface area contributed by atoms with Crippen LogP contribution < -0.4 is 10.2 Å². The summed E-state index contributed by atoms with van der Waals surface area (Å²) in [5.41, 5.74) is 1.70. The number of thioether (sulfide) groups is 1. The fourth-order valence-electron chi connectivity index (χ4n) is 3.02. The Morgan fingerprint density at radius 3 is 2.63 bits per heavy atom. The van der Waals surface area contributed by atoms with Crippen LogP contribution in [-0.2, 0) is 21.2 Å². The normalized spacial score (nSPS) is 14.7. The van der Waals surface area contributed by atoms with E-state index in [4.69, 9.17) is 11.6 Å². The van der Waals surface area contributed by atoms with Crippen LogP contribution in [-0.4, -0.2) is 38.3 Å². The van der Waals surface area contributed by atoms with E-state index < -0.39 is 10.0 Å². The number of hydrogen-bond acceptors (Lipinski definition) is 5. The number of anilines is 1. The number of sulfonamides is 1. The molecular formula is C21H24ClN3O3S2. The summed E-state index contributed by atoms with van der Waals surface area (Å²) < 4.78 is 29.1. The molecule has 1 aliphatic heterocycles. The number of carbonyl (C=O) groups is 1. The first-order valence-corrected chi connectivity index (χ1v) is 12.6. The Hall–Kier alpha value is -2.03. The number of benzene rings is 2. The van der Waals surface area contributed by atoms with Crippen LogP contribution in [0, 0.1) is 0 Å². The number of carbonyl (C=O) groups excluding carboxylic acids is 1. The van der Waals surface area contributed by atoms with Gasteiger partial charge in [0.25, 0.3) is 10.0 Å². The molecule has 0 radical (unpaired) electrons. The molecule has 3 rings (SSSR count). The van der Waals surface area contributed by atoms with Gasteiger partial charge in [0.1, 0.15) is 4.90 Å². The van der Waals surface area contributed by atoms with Gasteiger partial charge in [-0.3, -0.25) is 4.79 Å². The highest BCUT2D eigenvalue weighted by atomic mass is 35.5. The van der Waals surface area contributed by atoms with Crippen molar-refractivity contribution in [2.45, 2.75) is 31.1 Å². The Morgan fingerprint density at radius 2 is 1.90 bits per heavy atom. The summed E-state index contributed by atoms with van der Waals surface area (Å²) in [6, 6.07) is 14.3. The van der Waals surface area contributed by atoms with Gasteiger partial charge in [-0.25, -0.2) is 0 Å². The third kappa shape index (κ3) is 5.77. The summed E-state index contributed by atoms with van der Waals surface area (Å²) in [6.07, 6.45) is 2.55. The lowest BCUT2D eigenvalue weighted by atomic mass is 10.1. The van der Waals surface area contributed by atoms with Crippen LogP contribution >= 0.6 is 23.4 Å². The maximum Gasteiger partial charge on any atom is 0.286 e. The number of nitrogens with one attached hydrogen (secondary N) is 1. The highest BCUT2D eigenvalue weighted by Crippen LogP contribution is 2.34. The minimum absolute atomic E-state index is 0.0970. The number of para-hydroxylation sites is 1. The van der Waals surface area contributed by atoms with Gasteiger partial charge < -0.3 is 10.2 Å². The third-order valence-corrected chi connectivity index (χ3v) is 7.24. The fraction of sp³-hybridized carbons (Fsp3) is 0.333. The monoisotopic (exact) mass is 465 g/mol. The van der Waals surface area contributed by atoms with Gasteiger partial charge in [0.05, 0.1) is 11.4 Å². The van der Waals surface area contributed by atoms with Crippen LogP contribution in [0.5, 0.6) is 0 Å². The van der Waals surface area contributed by atoms with E-state index in [-0.39, 0.29) is 16.6 Å². The first-order valence-electron chi connectivity index (χ1n) is 9.76. The molecule has 9 heteroatoms. The summed E-state index contributed by atoms with van der Waals surface area (Å²) in [5.74, 6) is -0.0666. The van der Waals surface area contributed by atoms with E-state index in [9.17, 15) is 13.2 Å². The molecule has 30 heavy (non-hydrogen) atoms. The second-order valence-corrected chi connectivity index (χ2v) is 9.79. The lowest BCUT2D eigenvalue weighted by molar-refractivity contribution is -0.118. The standard InChI is InChI=1S/C21H24ClN3O3S2/c1-2-3-14-25-18-6-4-5-7-19(18)30(27,28)24-21(25)29-15-20(26)23-13-12-16-8-10-17(22)11-9-16/h4-11H,2-3,12-15H2,1H3,(H,23,26). The smallest absolute Gasteiger partial charge is 0.286 e. The molecule has 0 saturated heterocycles. The number of amides is 1. The van der Waals surface area contributed by atoms with Crippen molar-refractivity contribution in [3.8, 4) is 0 Å². The Kier molecular flexibility index (Phi) is 7.80. The first-order chi connectivity index (χ1) is 14.4. The molecule has 1 heterocycles. The van der Waals surface area contributed by atoms with E-state index in [2.05, 4.69) is 16.6 Å². The average molecular weight is 466 g/mol. The predicted molar refractivity (Wildman–Crippen MR) is 124 cm³/mol. The van der Waals surface area contributed by atoms with Crippen molar-refractivity contribution in [2.75, 3.05) is 23.7 Å². The molecule has 0 bridgehead atoms. The van der Waals surface area contributed by atoms with Crippen LogP contribution in [0.4, 0.5) is 5.69 Å². The number of nitrogens with zero attached hydrogens (tertiary/aromatic N) is 2. The Labute approximate surface area is 186 Å². The number of unbranched alkanes of at least 4 members (excludes halogenated alkanes) is 1. The molecule has 160 valence electrons. The maximum absolute atomic E-state index is 12.6. The van der Waals surface area contributed by atoms with Crippen LogP contribution in [0.15, 0.2) is 57.8 Å². The number of halogens is 1. The van der Waals surface area contributed by atoms with E-state index in [0.29, 0.717) is 35.4 Å². The molecule has 6 nitrogen and oxygen atoms in total. The lowest BCUT2D eigenvalue weighted by Crippen LogP contribution is -2.36. The molecule has 0 unspecified atom stereocenters. The van der Waals surface area contributed by atoms with E-state index >= 15 is 0 Å². The quantitative estimate of drug-likeness (QED) is 0.635. The van der Waals surface area contributed by atoms with E-state index in [1.54, 1.807) is 18.2 Å². The number of fused-ring (bicyclic) bond motifs is 1. The minimum Gasteiger partial charge on any atom is -0.355 e. The predicted octanol–water partition coefficient (Wildman–Crippen LogP) is 4.10. The van der Waals surface area contributed by atoms with Crippen molar-refractivity contribution in [3.63, 3.8) is 0 Å². The third-order valence-electron chi connectivity index (χ3n) is 4.58. The van der Waals surface area contributed by atoms with Crippen LogP contribution in [0.2, 0.25) is 5.02 Å². The van der Waals surface area contributed by atoms with Gasteiger partial charge in [0.2, 0.25) is 5.91 Å². The number of hydrogen-bond donors (Lipinski definition) is 1. The molecule has 0 saturated carbocycles. The van der Waals surface area contributed by atoms with Crippen molar-refractivity contribution in [1.29, 1.82) is 0 Å². The van der Waals surface area contributed by atoms with Gasteiger partial charge in [0.15, 0.2) is 5.17 Å². The summed E-state index contributed by atoms with van der Waals surface area (Å²) in [5, 5.41) is 3.89. The highest BCUT2D eigenvalue weighted by Gasteiger charge is 2.30. The fourth-order valence-corrected chi connectivity index (χ4v) is 5.45. The van der Waals surface area contributed by atoms with Crippen molar-refractivity contribution in [1.82, 2.24) is 5.32 Å². The van der Waals surface area contributed by atoms with Crippen molar-refractivity contribution >= 4 is 50.1 Å². The van der Waals surface area contributed by atoms with Crippen molar-refractivity contribution < 1.29 is 13.2 Å². The Bertz CT molecular complexity index is 1020. The molecule has 1 N–H and O–H groups in total. The zero-order chi connectivity index (χ0) is 21.6. The molecule has 0 atom stereocenters. The second kappa shape index (κ2) is 10.3. The lowest BCUT2D eigenvalue weighted by Gasteiger charge is -2.30. The molecule has 0 fully saturated rings. The number of amidine groups is 1. The topological polar surface area (TPSA) is 78.8 Å². The molecular weight excluding hydrogens is 442 g/mol. The minimum atomic E-state index is -3.77. The molecule has 0 aromatic heterocycles. The SMILES string of the molecule is CCCCN1C(SCC(=O)NCCc2ccc(Cl)cc2)=NS(=O)(=O)c2ccccc21. The zero-order valence-corrected chi connectivity index (χ0v) is 19.1. The van der Waals surface area contributed by atoms with Crippen molar-refractivity contribution in [2.24, 2.45) is 4.40 Å². The van der Waals surface area contributed by atoms with E-state index in [0.717, 1.165) is 30.2 Å². The number of rotatable bonds is 8. The van der Waals surface area contributed by atoms with Gasteiger partial charge in [-0.05, 0) is 42.7 Å². The van der Waals surface area contributed by atoms with Gasteiger partial charge in [-0.1, -0.05) is 61.0 Å². The Morgan fingerprint density at radius 1 is 1.17 bits per heavy atom. The Balaban J connectivity index is 1.61. The van der Waals surface area contributed by atoms with Crippen LogP contribution in [0.1, 0.15) is 25.3 Å². The molecule has 0 spiro atoms. The zero-order valence-electron chi connectivity index (χ0n) is 16.7. The van der Waals surface area contributed by atoms with Crippen LogP contribution in [0.3, 0.4) is 0 Å². The summed E-state index contributed by atoms with van der Waals surface area (Å²) in [6.45, 7) is 3.21. The van der Waals surface area contributed by atoms with Gasteiger partial charge in [-0.2, -0.15) is 8.42 Å². The summed E-state index contributed by atoms with van der Waals surface area (Å²) >= 11 is 7.02. The maximum atomic E-state index is 12.6. The average Bonchev–Trinajstić information content (AvgIpc) is 2.73.